The summed E-state index contributed by atoms with van der Waals surface area (Å²) in [5.74, 6) is 0.152. The van der Waals surface area contributed by atoms with E-state index >= 15 is 4.39 Å². The molecule has 3 aliphatic rings. The molecule has 4 aromatic rings. The Balaban J connectivity index is 1.28. The van der Waals surface area contributed by atoms with Crippen molar-refractivity contribution < 1.29 is 23.5 Å². The number of hydrogen-bond donors (Lipinski definition) is 2. The number of amidine groups is 1. The molecular weight excluding hydrogens is 615 g/mol. The number of quaternary nitrogens is 1. The van der Waals surface area contributed by atoms with Gasteiger partial charge in [0.05, 0.1) is 64.0 Å². The van der Waals surface area contributed by atoms with Crippen LogP contribution in [0.25, 0.3) is 27.8 Å². The minimum atomic E-state index is -0.611. The van der Waals surface area contributed by atoms with Crippen LogP contribution < -0.4 is 21.1 Å². The number of hydrogen-bond acceptors (Lipinski definition) is 8. The van der Waals surface area contributed by atoms with Gasteiger partial charge in [0.1, 0.15) is 23.9 Å². The fraction of sp³-hybridized carbons (Fsp3) is 0.400. The maximum atomic E-state index is 15.5. The fourth-order valence-electron chi connectivity index (χ4n) is 6.69. The Morgan fingerprint density at radius 2 is 1.94 bits per heavy atom. The molecule has 48 heavy (non-hydrogen) atoms. The van der Waals surface area contributed by atoms with E-state index in [1.165, 1.54) is 21.5 Å². The highest BCUT2D eigenvalue weighted by Gasteiger charge is 2.43. The molecule has 2 saturated heterocycles. The molecule has 2 N–H and O–H groups in total. The van der Waals surface area contributed by atoms with E-state index in [9.17, 15) is 14.7 Å². The number of nitrogens with one attached hydrogen (secondary N) is 1. The van der Waals surface area contributed by atoms with E-state index in [0.717, 1.165) is 44.1 Å². The molecule has 3 aliphatic heterocycles. The van der Waals surface area contributed by atoms with Crippen LogP contribution in [0.4, 0.5) is 10.1 Å². The van der Waals surface area contributed by atoms with Gasteiger partial charge in [-0.3, -0.25) is 19.1 Å². The van der Waals surface area contributed by atoms with Crippen LogP contribution in [0.3, 0.4) is 0 Å². The first-order valence-corrected chi connectivity index (χ1v) is 16.1. The number of ether oxygens (including phenoxy) is 1. The summed E-state index contributed by atoms with van der Waals surface area (Å²) in [7, 11) is 5.47. The normalized spacial score (nSPS) is 20.0. The molecule has 2 fully saturated rings. The number of nitrogens with zero attached hydrogens (tertiary/aromatic N) is 7. The van der Waals surface area contributed by atoms with Gasteiger partial charge < -0.3 is 15.2 Å². The molecule has 0 spiro atoms. The Morgan fingerprint density at radius 1 is 1.17 bits per heavy atom. The second kappa shape index (κ2) is 11.5. The first-order chi connectivity index (χ1) is 22.8. The van der Waals surface area contributed by atoms with Crippen molar-refractivity contribution in [1.82, 2.24) is 19.1 Å². The molecule has 7 rings (SSSR count). The van der Waals surface area contributed by atoms with Crippen molar-refractivity contribution >= 4 is 22.3 Å². The lowest BCUT2D eigenvalue weighted by atomic mass is 9.86. The van der Waals surface area contributed by atoms with Gasteiger partial charge in [-0.05, 0) is 34.6 Å². The van der Waals surface area contributed by atoms with E-state index in [2.05, 4.69) is 22.2 Å². The lowest BCUT2D eigenvalue weighted by Gasteiger charge is -2.43. The Kier molecular flexibility index (Phi) is 7.70. The summed E-state index contributed by atoms with van der Waals surface area (Å²) in [5.41, 5.74) is 2.57. The monoisotopic (exact) mass is 656 g/mol. The molecular formula is C35H41FN8O4+2. The highest BCUT2D eigenvalue weighted by Crippen LogP contribution is 2.31. The lowest BCUT2D eigenvalue weighted by molar-refractivity contribution is -0.882. The van der Waals surface area contributed by atoms with Gasteiger partial charge in [-0.2, -0.15) is 4.59 Å². The summed E-state index contributed by atoms with van der Waals surface area (Å²) in [4.78, 5) is 34.1. The maximum Gasteiger partial charge on any atom is 0.324 e. The zero-order chi connectivity index (χ0) is 34.1. The number of pyridine rings is 2. The zero-order valence-corrected chi connectivity index (χ0v) is 28.1. The van der Waals surface area contributed by atoms with Crippen LogP contribution in [-0.4, -0.2) is 80.6 Å². The van der Waals surface area contributed by atoms with Crippen LogP contribution in [0, 0.1) is 5.82 Å². The minimum Gasteiger partial charge on any atom is -0.392 e. The summed E-state index contributed by atoms with van der Waals surface area (Å²) >= 11 is 0. The van der Waals surface area contributed by atoms with Gasteiger partial charge in [0, 0.05) is 30.1 Å². The van der Waals surface area contributed by atoms with Gasteiger partial charge >= 0.3 is 5.56 Å². The number of piperazine rings is 1. The molecule has 0 saturated carbocycles. The maximum absolute atomic E-state index is 15.5. The van der Waals surface area contributed by atoms with Crippen LogP contribution in [-0.2, 0) is 30.9 Å². The number of benzene rings is 1. The van der Waals surface area contributed by atoms with E-state index in [1.54, 1.807) is 43.2 Å². The van der Waals surface area contributed by atoms with Crippen molar-refractivity contribution in [2.24, 2.45) is 19.2 Å². The van der Waals surface area contributed by atoms with Gasteiger partial charge in [0.15, 0.2) is 18.6 Å². The number of halogens is 1. The summed E-state index contributed by atoms with van der Waals surface area (Å²) in [6.07, 6.45) is 5.10. The second-order valence-corrected chi connectivity index (χ2v) is 14.0. The van der Waals surface area contributed by atoms with Gasteiger partial charge in [0.25, 0.3) is 5.56 Å². The molecule has 3 aromatic heterocycles. The molecule has 0 bridgehead atoms. The third kappa shape index (κ3) is 5.27. The molecule has 250 valence electrons. The van der Waals surface area contributed by atoms with Gasteiger partial charge in [-0.15, -0.1) is 9.36 Å². The summed E-state index contributed by atoms with van der Waals surface area (Å²) < 4.78 is 25.7. The van der Waals surface area contributed by atoms with Crippen LogP contribution in [0.15, 0.2) is 69.2 Å². The van der Waals surface area contributed by atoms with Crippen LogP contribution in [0.2, 0.25) is 0 Å². The number of rotatable bonds is 5. The van der Waals surface area contributed by atoms with Crippen LogP contribution >= 0.6 is 0 Å². The first kappa shape index (κ1) is 32.0. The van der Waals surface area contributed by atoms with E-state index in [0.29, 0.717) is 44.4 Å². The second-order valence-electron chi connectivity index (χ2n) is 14.0. The smallest absolute Gasteiger partial charge is 0.324 e. The molecule has 13 heteroatoms. The average molecular weight is 657 g/mol. The molecule has 0 radical (unpaired) electrons. The predicted octanol–water partition coefficient (Wildman–Crippen LogP) is 2.29. The molecule has 6 heterocycles. The third-order valence-electron chi connectivity index (χ3n) is 9.96. The number of likely N-dealkylation sites (N-methyl/N-ethyl adjacent to an activating group) is 1. The zero-order valence-electron chi connectivity index (χ0n) is 28.1. The number of fused-ring (bicyclic) bond motifs is 2. The predicted molar refractivity (Wildman–Crippen MR) is 180 cm³/mol. The highest BCUT2D eigenvalue weighted by atomic mass is 19.1. The fourth-order valence-corrected chi connectivity index (χ4v) is 6.69. The van der Waals surface area contributed by atoms with Gasteiger partial charge in [0.2, 0.25) is 5.69 Å². The highest BCUT2D eigenvalue weighted by molar-refractivity contribution is 6.04. The lowest BCUT2D eigenvalue weighted by Crippen LogP contribution is -2.58. The topological polar surface area (TPSA) is 118 Å². The van der Waals surface area contributed by atoms with Crippen molar-refractivity contribution in [3.05, 3.63) is 92.2 Å². The third-order valence-corrected chi connectivity index (χ3v) is 9.96. The van der Waals surface area contributed by atoms with E-state index in [-0.39, 0.29) is 22.2 Å². The summed E-state index contributed by atoms with van der Waals surface area (Å²) in [5, 5.41) is 19.3. The number of aromatic nitrogens is 4. The van der Waals surface area contributed by atoms with Crippen molar-refractivity contribution in [3.63, 3.8) is 0 Å². The standard InChI is InChI=1S/C35H40FN8O4/c1-35(2,3)22-13-21-8-10-43(34(47)31(21)27(36)14-22)32-26(18-45)25(7-9-37-32)29-16-28(33(46)41(5)40(29)4)38-30-15-24-17-42(23-19-48-20-23)11-12-44(24,6)39-30/h7-10,13-16,23,45H,11-12,17-20H2,1-6H3/q+1/p+1. The molecule has 1 atom stereocenters. The molecule has 0 aliphatic carbocycles. The van der Waals surface area contributed by atoms with Gasteiger partial charge in [-0.25, -0.2) is 9.37 Å². The van der Waals surface area contributed by atoms with Crippen LogP contribution in [0.5, 0.6) is 0 Å². The van der Waals surface area contributed by atoms with Crippen molar-refractivity contribution in [3.8, 4) is 17.1 Å². The van der Waals surface area contributed by atoms with Crippen molar-refractivity contribution in [2.45, 2.75) is 38.8 Å². The first-order valence-electron chi connectivity index (χ1n) is 16.1. The minimum absolute atomic E-state index is 0.0518. The summed E-state index contributed by atoms with van der Waals surface area (Å²) in [6, 6.07) is 8.79. The largest absolute Gasteiger partial charge is 0.392 e. The van der Waals surface area contributed by atoms with Gasteiger partial charge in [-0.1, -0.05) is 31.9 Å². The van der Waals surface area contributed by atoms with Crippen molar-refractivity contribution in [1.29, 1.82) is 0 Å². The SMILES string of the molecule is Cn1c(=O)c(NC2=N[N+]3(C)CCN(C4COC4)CC3=C2)cc(-c2ccnc(-n3ccc4cc(C(C)(C)C)cc(F)c4c3=O)c2CO)[n+]1C. The quantitative estimate of drug-likeness (QED) is 0.250. The van der Waals surface area contributed by atoms with E-state index in [1.807, 2.05) is 32.9 Å². The number of anilines is 1. The number of aliphatic hydroxyl groups is 1. The molecule has 0 amide bonds. The van der Waals surface area contributed by atoms with Crippen molar-refractivity contribution in [2.75, 3.05) is 45.2 Å². The van der Waals surface area contributed by atoms with E-state index < -0.39 is 18.0 Å². The van der Waals surface area contributed by atoms with E-state index in [4.69, 9.17) is 9.84 Å². The Labute approximate surface area is 277 Å². The van der Waals surface area contributed by atoms with Crippen LogP contribution in [0.1, 0.15) is 31.9 Å². The Bertz CT molecular complexity index is 2160. The number of aliphatic hydroxyl groups excluding tert-OH is 1. The summed E-state index contributed by atoms with van der Waals surface area (Å²) in [6.45, 7) is 9.51. The molecule has 1 unspecified atom stereocenters. The molecule has 1 aromatic carbocycles. The Morgan fingerprint density at radius 3 is 2.62 bits per heavy atom. The molecule has 12 nitrogen and oxygen atoms in total. The Hall–Kier alpha value is -4.56. The average Bonchev–Trinajstić information content (AvgIpc) is 3.34.